The molecule has 0 bridgehead atoms. The summed E-state index contributed by atoms with van der Waals surface area (Å²) in [5.41, 5.74) is 0.389. The van der Waals surface area contributed by atoms with Crippen molar-refractivity contribution in [2.75, 3.05) is 33.8 Å². The van der Waals surface area contributed by atoms with Crippen molar-refractivity contribution in [1.29, 1.82) is 0 Å². The maximum Gasteiger partial charge on any atom is 0.254 e. The van der Waals surface area contributed by atoms with Gasteiger partial charge in [-0.15, -0.1) is 0 Å². The maximum absolute atomic E-state index is 12.6. The number of morpholine rings is 1. The van der Waals surface area contributed by atoms with Crippen molar-refractivity contribution in [2.24, 2.45) is 0 Å². The highest BCUT2D eigenvalue weighted by Crippen LogP contribution is 2.18. The van der Waals surface area contributed by atoms with Gasteiger partial charge in [-0.2, -0.15) is 0 Å². The lowest BCUT2D eigenvalue weighted by Gasteiger charge is -2.32. The van der Waals surface area contributed by atoms with E-state index < -0.39 is 10.0 Å². The third kappa shape index (κ3) is 3.48. The van der Waals surface area contributed by atoms with Gasteiger partial charge in [0.15, 0.2) is 0 Å². The van der Waals surface area contributed by atoms with Crippen LogP contribution < -0.4 is 0 Å². The standard InChI is InChI=1S/C15H22N2O4S/c1-4-13-11-17(8-9-21-13)15(18)12-6-5-7-14(10-12)22(19,20)16(2)3/h5-7,10,13H,4,8-9,11H2,1-3H3. The molecule has 1 aromatic carbocycles. The molecule has 1 atom stereocenters. The number of rotatable bonds is 4. The second-order valence-corrected chi connectivity index (χ2v) is 7.62. The molecule has 1 fully saturated rings. The maximum atomic E-state index is 12.6. The summed E-state index contributed by atoms with van der Waals surface area (Å²) in [5.74, 6) is -0.155. The molecule has 1 unspecified atom stereocenters. The smallest absolute Gasteiger partial charge is 0.254 e. The van der Waals surface area contributed by atoms with E-state index in [0.29, 0.717) is 25.3 Å². The molecular weight excluding hydrogens is 304 g/mol. The quantitative estimate of drug-likeness (QED) is 0.833. The van der Waals surface area contributed by atoms with Crippen LogP contribution in [0.4, 0.5) is 0 Å². The zero-order valence-electron chi connectivity index (χ0n) is 13.2. The molecular formula is C15H22N2O4S. The molecule has 0 saturated carbocycles. The van der Waals surface area contributed by atoms with Crippen LogP contribution in [0, 0.1) is 0 Å². The predicted octanol–water partition coefficient (Wildman–Crippen LogP) is 1.19. The van der Waals surface area contributed by atoms with Crippen LogP contribution >= 0.6 is 0 Å². The van der Waals surface area contributed by atoms with E-state index in [1.54, 1.807) is 17.0 Å². The average molecular weight is 326 g/mol. The first-order valence-corrected chi connectivity index (χ1v) is 8.73. The van der Waals surface area contributed by atoms with Crippen LogP contribution in [-0.2, 0) is 14.8 Å². The van der Waals surface area contributed by atoms with Gasteiger partial charge in [-0.25, -0.2) is 12.7 Å². The Hall–Kier alpha value is -1.44. The van der Waals surface area contributed by atoms with Crippen molar-refractivity contribution in [3.8, 4) is 0 Å². The fourth-order valence-corrected chi connectivity index (χ4v) is 3.28. The third-order valence-electron chi connectivity index (χ3n) is 3.74. The fourth-order valence-electron chi connectivity index (χ4n) is 2.33. The zero-order valence-corrected chi connectivity index (χ0v) is 14.0. The van der Waals surface area contributed by atoms with E-state index in [1.807, 2.05) is 6.92 Å². The summed E-state index contributed by atoms with van der Waals surface area (Å²) in [5, 5.41) is 0. The van der Waals surface area contributed by atoms with Gasteiger partial charge in [-0.1, -0.05) is 13.0 Å². The number of hydrogen-bond acceptors (Lipinski definition) is 4. The van der Waals surface area contributed by atoms with E-state index in [4.69, 9.17) is 4.74 Å². The molecule has 0 N–H and O–H groups in total. The van der Waals surface area contributed by atoms with E-state index in [0.717, 1.165) is 10.7 Å². The van der Waals surface area contributed by atoms with Crippen molar-refractivity contribution in [3.63, 3.8) is 0 Å². The molecule has 1 aliphatic heterocycles. The lowest BCUT2D eigenvalue weighted by atomic mass is 10.1. The summed E-state index contributed by atoms with van der Waals surface area (Å²) in [6.45, 7) is 3.60. The molecule has 0 aromatic heterocycles. The Kier molecular flexibility index (Phi) is 5.20. The van der Waals surface area contributed by atoms with Gasteiger partial charge >= 0.3 is 0 Å². The Morgan fingerprint density at radius 2 is 2.14 bits per heavy atom. The van der Waals surface area contributed by atoms with E-state index in [2.05, 4.69) is 0 Å². The van der Waals surface area contributed by atoms with Gasteiger partial charge in [0.2, 0.25) is 10.0 Å². The van der Waals surface area contributed by atoms with E-state index in [-0.39, 0.29) is 16.9 Å². The molecule has 1 heterocycles. The first-order chi connectivity index (χ1) is 10.4. The third-order valence-corrected chi connectivity index (χ3v) is 5.55. The van der Waals surface area contributed by atoms with Crippen molar-refractivity contribution in [1.82, 2.24) is 9.21 Å². The summed E-state index contributed by atoms with van der Waals surface area (Å²) in [4.78, 5) is 14.4. The summed E-state index contributed by atoms with van der Waals surface area (Å²) >= 11 is 0. The fraction of sp³-hybridized carbons (Fsp3) is 0.533. The second-order valence-electron chi connectivity index (χ2n) is 5.47. The molecule has 1 saturated heterocycles. The van der Waals surface area contributed by atoms with Gasteiger partial charge in [-0.3, -0.25) is 4.79 Å². The normalized spacial score (nSPS) is 19.5. The van der Waals surface area contributed by atoms with Crippen LogP contribution in [0.25, 0.3) is 0 Å². The van der Waals surface area contributed by atoms with Crippen LogP contribution in [0.1, 0.15) is 23.7 Å². The molecule has 2 rings (SSSR count). The summed E-state index contributed by atoms with van der Waals surface area (Å²) < 4.78 is 31.0. The number of carbonyl (C=O) groups is 1. The number of benzene rings is 1. The monoisotopic (exact) mass is 326 g/mol. The topological polar surface area (TPSA) is 66.9 Å². The molecule has 22 heavy (non-hydrogen) atoms. The van der Waals surface area contributed by atoms with Crippen LogP contribution in [0.2, 0.25) is 0 Å². The van der Waals surface area contributed by atoms with E-state index >= 15 is 0 Å². The Balaban J connectivity index is 2.24. The highest BCUT2D eigenvalue weighted by Gasteiger charge is 2.25. The summed E-state index contributed by atoms with van der Waals surface area (Å²) in [6.07, 6.45) is 0.894. The van der Waals surface area contributed by atoms with Crippen molar-refractivity contribution >= 4 is 15.9 Å². The van der Waals surface area contributed by atoms with Crippen molar-refractivity contribution < 1.29 is 17.9 Å². The van der Waals surface area contributed by atoms with Crippen LogP contribution in [0.15, 0.2) is 29.2 Å². The Bertz CT molecular complexity index is 643. The molecule has 1 aliphatic rings. The zero-order chi connectivity index (χ0) is 16.3. The molecule has 122 valence electrons. The van der Waals surface area contributed by atoms with Gasteiger partial charge in [0, 0.05) is 32.7 Å². The number of hydrogen-bond donors (Lipinski definition) is 0. The molecule has 0 spiro atoms. The molecule has 1 aromatic rings. The minimum atomic E-state index is -3.54. The lowest BCUT2D eigenvalue weighted by molar-refractivity contribution is -0.0226. The summed E-state index contributed by atoms with van der Waals surface area (Å²) in [7, 11) is -0.601. The Morgan fingerprint density at radius 3 is 2.77 bits per heavy atom. The Labute approximate surface area is 131 Å². The first-order valence-electron chi connectivity index (χ1n) is 7.29. The predicted molar refractivity (Wildman–Crippen MR) is 83.2 cm³/mol. The van der Waals surface area contributed by atoms with Gasteiger partial charge in [0.25, 0.3) is 5.91 Å². The van der Waals surface area contributed by atoms with E-state index in [1.165, 1.54) is 26.2 Å². The number of ether oxygens (including phenoxy) is 1. The first kappa shape index (κ1) is 16.9. The van der Waals surface area contributed by atoms with Crippen LogP contribution in [0.5, 0.6) is 0 Å². The molecule has 7 heteroatoms. The van der Waals surface area contributed by atoms with Crippen molar-refractivity contribution in [3.05, 3.63) is 29.8 Å². The number of sulfonamides is 1. The molecule has 1 amide bonds. The minimum Gasteiger partial charge on any atom is -0.375 e. The van der Waals surface area contributed by atoms with Crippen LogP contribution in [0.3, 0.4) is 0 Å². The Morgan fingerprint density at radius 1 is 1.41 bits per heavy atom. The summed E-state index contributed by atoms with van der Waals surface area (Å²) in [6, 6.07) is 6.18. The average Bonchev–Trinajstić information content (AvgIpc) is 2.54. The largest absolute Gasteiger partial charge is 0.375 e. The van der Waals surface area contributed by atoms with Gasteiger partial charge < -0.3 is 9.64 Å². The van der Waals surface area contributed by atoms with Crippen molar-refractivity contribution in [2.45, 2.75) is 24.3 Å². The molecule has 0 aliphatic carbocycles. The molecule has 6 nitrogen and oxygen atoms in total. The highest BCUT2D eigenvalue weighted by molar-refractivity contribution is 7.89. The number of carbonyl (C=O) groups excluding carboxylic acids is 1. The van der Waals surface area contributed by atoms with E-state index in [9.17, 15) is 13.2 Å². The minimum absolute atomic E-state index is 0.0476. The SMILES string of the molecule is CCC1CN(C(=O)c2cccc(S(=O)(=O)N(C)C)c2)CCO1. The second kappa shape index (κ2) is 6.76. The lowest BCUT2D eigenvalue weighted by Crippen LogP contribution is -2.45. The molecule has 0 radical (unpaired) electrons. The van der Waals surface area contributed by atoms with Gasteiger partial charge in [-0.05, 0) is 24.6 Å². The van der Waals surface area contributed by atoms with Gasteiger partial charge in [0.05, 0.1) is 17.6 Å². The van der Waals surface area contributed by atoms with Crippen LogP contribution in [-0.4, -0.2) is 63.4 Å². The number of nitrogens with zero attached hydrogens (tertiary/aromatic N) is 2. The highest BCUT2D eigenvalue weighted by atomic mass is 32.2. The number of amides is 1. The van der Waals surface area contributed by atoms with Gasteiger partial charge in [0.1, 0.15) is 0 Å².